The van der Waals surface area contributed by atoms with Gasteiger partial charge in [0.05, 0.1) is 15.8 Å². The number of thiophene rings is 1. The summed E-state index contributed by atoms with van der Waals surface area (Å²) in [6.45, 7) is 4.26. The van der Waals surface area contributed by atoms with Crippen LogP contribution in [0.3, 0.4) is 0 Å². The minimum atomic E-state index is 0.0145. The summed E-state index contributed by atoms with van der Waals surface area (Å²) in [6, 6.07) is 3.67. The molecule has 0 radical (unpaired) electrons. The molecule has 2 heterocycles. The van der Waals surface area contributed by atoms with E-state index in [-0.39, 0.29) is 17.7 Å². The Kier molecular flexibility index (Phi) is 3.43. The highest BCUT2D eigenvalue weighted by atomic mass is 32.1. The molecule has 1 unspecified atom stereocenters. The van der Waals surface area contributed by atoms with E-state index in [9.17, 15) is 9.59 Å². The van der Waals surface area contributed by atoms with Gasteiger partial charge in [-0.15, -0.1) is 11.3 Å². The number of hydrogen-bond acceptors (Lipinski definition) is 3. The van der Waals surface area contributed by atoms with Crippen LogP contribution in [0.1, 0.15) is 39.6 Å². The van der Waals surface area contributed by atoms with Gasteiger partial charge in [-0.05, 0) is 25.5 Å². The maximum Gasteiger partial charge on any atom is 0.264 e. The smallest absolute Gasteiger partial charge is 0.264 e. The van der Waals surface area contributed by atoms with Gasteiger partial charge >= 0.3 is 0 Å². The Morgan fingerprint density at radius 1 is 1.41 bits per heavy atom. The van der Waals surface area contributed by atoms with Gasteiger partial charge < -0.3 is 4.90 Å². The lowest BCUT2D eigenvalue weighted by molar-refractivity contribution is 0.0752. The van der Waals surface area contributed by atoms with Crippen molar-refractivity contribution in [1.29, 1.82) is 0 Å². The third kappa shape index (κ3) is 2.31. The first-order valence-electron chi connectivity index (χ1n) is 5.72. The van der Waals surface area contributed by atoms with E-state index < -0.39 is 0 Å². The summed E-state index contributed by atoms with van der Waals surface area (Å²) in [6.07, 6.45) is 5.01. The molecule has 0 saturated heterocycles. The Morgan fingerprint density at radius 2 is 2.12 bits per heavy atom. The highest BCUT2D eigenvalue weighted by Gasteiger charge is 2.25. The predicted octanol–water partition coefficient (Wildman–Crippen LogP) is 2.74. The fourth-order valence-corrected chi connectivity index (χ4v) is 2.80. The largest absolute Gasteiger partial charge is 0.328 e. The Hall–Kier alpha value is -1.42. The Balaban J connectivity index is 2.16. The molecule has 1 aliphatic heterocycles. The van der Waals surface area contributed by atoms with Crippen molar-refractivity contribution in [2.24, 2.45) is 0 Å². The van der Waals surface area contributed by atoms with E-state index in [2.05, 4.69) is 13.0 Å². The number of Topliss-reactive ketones (excluding diaryl/α,β-unsaturated/α-hetero) is 1. The normalized spacial score (nSPS) is 18.7. The van der Waals surface area contributed by atoms with Gasteiger partial charge in [0.25, 0.3) is 5.91 Å². The maximum absolute atomic E-state index is 12.2. The predicted molar refractivity (Wildman–Crippen MR) is 68.6 cm³/mol. The Bertz CT molecular complexity index is 476. The fraction of sp³-hybridized carbons (Fsp3) is 0.385. The Morgan fingerprint density at radius 3 is 2.71 bits per heavy atom. The van der Waals surface area contributed by atoms with E-state index in [0.717, 1.165) is 6.42 Å². The van der Waals surface area contributed by atoms with Crippen molar-refractivity contribution in [1.82, 2.24) is 4.90 Å². The molecule has 0 aromatic carbocycles. The van der Waals surface area contributed by atoms with Crippen molar-refractivity contribution in [3.8, 4) is 0 Å². The molecule has 3 nitrogen and oxygen atoms in total. The number of amides is 1. The van der Waals surface area contributed by atoms with Crippen LogP contribution in [-0.2, 0) is 0 Å². The lowest BCUT2D eigenvalue weighted by Crippen LogP contribution is -2.35. The second kappa shape index (κ2) is 4.84. The van der Waals surface area contributed by atoms with Gasteiger partial charge in [-0.2, -0.15) is 0 Å². The lowest BCUT2D eigenvalue weighted by atomic mass is 10.2. The summed E-state index contributed by atoms with van der Waals surface area (Å²) in [4.78, 5) is 26.6. The number of ketones is 1. The molecule has 1 aromatic rings. The summed E-state index contributed by atoms with van der Waals surface area (Å²) in [5.41, 5.74) is 0. The van der Waals surface area contributed by atoms with Crippen LogP contribution >= 0.6 is 11.3 Å². The second-order valence-electron chi connectivity index (χ2n) is 4.08. The number of nitrogens with zero attached hydrogens (tertiary/aromatic N) is 1. The van der Waals surface area contributed by atoms with Crippen LogP contribution < -0.4 is 0 Å². The van der Waals surface area contributed by atoms with E-state index in [4.69, 9.17) is 0 Å². The fourth-order valence-electron chi connectivity index (χ4n) is 1.94. The topological polar surface area (TPSA) is 37.4 Å². The molecule has 0 N–H and O–H groups in total. The van der Waals surface area contributed by atoms with Crippen LogP contribution in [0.4, 0.5) is 0 Å². The molecular weight excluding hydrogens is 234 g/mol. The van der Waals surface area contributed by atoms with Crippen molar-refractivity contribution in [2.45, 2.75) is 26.3 Å². The third-order valence-electron chi connectivity index (χ3n) is 2.90. The van der Waals surface area contributed by atoms with E-state index >= 15 is 0 Å². The van der Waals surface area contributed by atoms with Crippen LogP contribution in [0.25, 0.3) is 0 Å². The van der Waals surface area contributed by atoms with Crippen LogP contribution in [0.2, 0.25) is 0 Å². The van der Waals surface area contributed by atoms with Crippen LogP contribution in [-0.4, -0.2) is 29.2 Å². The van der Waals surface area contributed by atoms with Crippen molar-refractivity contribution in [2.75, 3.05) is 6.54 Å². The van der Waals surface area contributed by atoms with Crippen LogP contribution in [0.15, 0.2) is 24.3 Å². The van der Waals surface area contributed by atoms with Gasteiger partial charge in [-0.1, -0.05) is 19.1 Å². The monoisotopic (exact) mass is 249 g/mol. The molecule has 17 heavy (non-hydrogen) atoms. The quantitative estimate of drug-likeness (QED) is 0.610. The average Bonchev–Trinajstić information content (AvgIpc) is 2.96. The molecule has 0 bridgehead atoms. The summed E-state index contributed by atoms with van der Waals surface area (Å²) in [5, 5.41) is 0. The number of rotatable bonds is 3. The van der Waals surface area contributed by atoms with Crippen molar-refractivity contribution < 1.29 is 9.59 Å². The highest BCUT2D eigenvalue weighted by molar-refractivity contribution is 7.15. The van der Waals surface area contributed by atoms with E-state index in [1.807, 2.05) is 11.0 Å². The first-order valence-corrected chi connectivity index (χ1v) is 6.53. The van der Waals surface area contributed by atoms with Crippen molar-refractivity contribution in [3.63, 3.8) is 0 Å². The van der Waals surface area contributed by atoms with Crippen LogP contribution in [0, 0.1) is 0 Å². The maximum atomic E-state index is 12.2. The van der Waals surface area contributed by atoms with Crippen LogP contribution in [0.5, 0.6) is 0 Å². The molecule has 0 spiro atoms. The number of carbonyl (C=O) groups is 2. The summed E-state index contributed by atoms with van der Waals surface area (Å²) in [5.74, 6) is 0.0417. The SMILES string of the molecule is CCC1C=CCN1C(=O)c1ccc(C(C)=O)s1. The molecule has 4 heteroatoms. The zero-order chi connectivity index (χ0) is 12.4. The van der Waals surface area contributed by atoms with E-state index in [1.54, 1.807) is 12.1 Å². The van der Waals surface area contributed by atoms with Gasteiger partial charge in [0.1, 0.15) is 0 Å². The van der Waals surface area contributed by atoms with Gasteiger partial charge in [0.2, 0.25) is 0 Å². The first kappa shape index (κ1) is 12.0. The molecule has 1 amide bonds. The van der Waals surface area contributed by atoms with Gasteiger partial charge in [0, 0.05) is 6.54 Å². The van der Waals surface area contributed by atoms with Gasteiger partial charge in [-0.3, -0.25) is 9.59 Å². The molecule has 90 valence electrons. The highest BCUT2D eigenvalue weighted by Crippen LogP contribution is 2.22. The zero-order valence-corrected chi connectivity index (χ0v) is 10.8. The van der Waals surface area contributed by atoms with E-state index in [0.29, 0.717) is 16.3 Å². The molecule has 1 aromatic heterocycles. The zero-order valence-electron chi connectivity index (χ0n) is 9.97. The number of hydrogen-bond donors (Lipinski definition) is 0. The standard InChI is InChI=1S/C13H15NO2S/c1-3-10-5-4-8-14(10)13(16)12-7-6-11(17-12)9(2)15/h4-7,10H,3,8H2,1-2H3. The molecule has 2 rings (SSSR count). The van der Waals surface area contributed by atoms with Gasteiger partial charge in [-0.25, -0.2) is 0 Å². The Labute approximate surface area is 105 Å². The molecule has 1 atom stereocenters. The van der Waals surface area contributed by atoms with E-state index in [1.165, 1.54) is 18.3 Å². The lowest BCUT2D eigenvalue weighted by Gasteiger charge is -2.22. The molecule has 0 saturated carbocycles. The van der Waals surface area contributed by atoms with Crippen molar-refractivity contribution >= 4 is 23.0 Å². The average molecular weight is 249 g/mol. The molecule has 0 aliphatic carbocycles. The molecule has 1 aliphatic rings. The van der Waals surface area contributed by atoms with Gasteiger partial charge in [0.15, 0.2) is 5.78 Å². The van der Waals surface area contributed by atoms with Crippen molar-refractivity contribution in [3.05, 3.63) is 34.0 Å². The third-order valence-corrected chi connectivity index (χ3v) is 4.08. The minimum Gasteiger partial charge on any atom is -0.328 e. The number of carbonyl (C=O) groups excluding carboxylic acids is 2. The first-order chi connectivity index (χ1) is 8.13. The summed E-state index contributed by atoms with van der Waals surface area (Å²) >= 11 is 1.28. The second-order valence-corrected chi connectivity index (χ2v) is 5.17. The summed E-state index contributed by atoms with van der Waals surface area (Å²) in [7, 11) is 0. The molecular formula is C13H15NO2S. The summed E-state index contributed by atoms with van der Waals surface area (Å²) < 4.78 is 0. The molecule has 0 fully saturated rings. The minimum absolute atomic E-state index is 0.0145.